The van der Waals surface area contributed by atoms with E-state index < -0.39 is 43.3 Å². The molecule has 0 saturated carbocycles. The van der Waals surface area contributed by atoms with Crippen LogP contribution in [0.4, 0.5) is 0 Å². The number of ether oxygens (including phenoxy) is 1. The highest BCUT2D eigenvalue weighted by atomic mass is 32.1. The molecule has 0 aromatic rings. The van der Waals surface area contributed by atoms with Crippen LogP contribution in [-0.4, -0.2) is 79.7 Å². The smallest absolute Gasteiger partial charge is 0.318 e. The van der Waals surface area contributed by atoms with Gasteiger partial charge in [-0.25, -0.2) is 0 Å². The number of carbonyl (C=O) groups excluding carboxylic acids is 1. The summed E-state index contributed by atoms with van der Waals surface area (Å²) in [4.78, 5) is 10.7. The van der Waals surface area contributed by atoms with Gasteiger partial charge in [-0.2, -0.15) is 12.6 Å². The SMILES string of the molecule is O=C(CS)OC(O)[C@H](O)[C@@H](O)[C@H](O)[C@H](O)CO. The van der Waals surface area contributed by atoms with Gasteiger partial charge in [-0.05, 0) is 0 Å². The number of aliphatic hydroxyl groups excluding tert-OH is 6. The lowest BCUT2D eigenvalue weighted by Gasteiger charge is -2.27. The maximum atomic E-state index is 10.7. The molecule has 0 fully saturated rings. The largest absolute Gasteiger partial charge is 0.432 e. The van der Waals surface area contributed by atoms with Gasteiger partial charge in [-0.15, -0.1) is 0 Å². The van der Waals surface area contributed by atoms with Gasteiger partial charge in [0.25, 0.3) is 0 Å². The van der Waals surface area contributed by atoms with Crippen molar-refractivity contribution in [1.29, 1.82) is 0 Å². The van der Waals surface area contributed by atoms with Crippen LogP contribution < -0.4 is 0 Å². The summed E-state index contributed by atoms with van der Waals surface area (Å²) in [5.41, 5.74) is 0. The van der Waals surface area contributed by atoms with E-state index in [1.54, 1.807) is 0 Å². The number of aliphatic hydroxyl groups is 6. The van der Waals surface area contributed by atoms with E-state index in [1.807, 2.05) is 0 Å². The lowest BCUT2D eigenvalue weighted by molar-refractivity contribution is -0.211. The molecule has 17 heavy (non-hydrogen) atoms. The van der Waals surface area contributed by atoms with Crippen molar-refractivity contribution in [3.63, 3.8) is 0 Å². The van der Waals surface area contributed by atoms with E-state index in [0.717, 1.165) is 0 Å². The van der Waals surface area contributed by atoms with Gasteiger partial charge in [0.2, 0.25) is 6.29 Å². The molecule has 0 aromatic carbocycles. The van der Waals surface area contributed by atoms with E-state index >= 15 is 0 Å². The van der Waals surface area contributed by atoms with Crippen molar-refractivity contribution in [1.82, 2.24) is 0 Å². The Morgan fingerprint density at radius 3 is 2.00 bits per heavy atom. The first-order valence-corrected chi connectivity index (χ1v) is 5.29. The zero-order chi connectivity index (χ0) is 13.6. The third-order valence-electron chi connectivity index (χ3n) is 1.95. The third kappa shape index (κ3) is 5.17. The second-order valence-corrected chi connectivity index (χ2v) is 3.58. The summed E-state index contributed by atoms with van der Waals surface area (Å²) in [7, 11) is 0. The number of carbonyl (C=O) groups is 1. The monoisotopic (exact) mass is 272 g/mol. The van der Waals surface area contributed by atoms with Crippen LogP contribution in [0.3, 0.4) is 0 Å². The van der Waals surface area contributed by atoms with Crippen molar-refractivity contribution in [3.05, 3.63) is 0 Å². The zero-order valence-electron chi connectivity index (χ0n) is 8.75. The quantitative estimate of drug-likeness (QED) is 0.142. The fourth-order valence-electron chi connectivity index (χ4n) is 0.948. The Bertz CT molecular complexity index is 238. The van der Waals surface area contributed by atoms with E-state index in [-0.39, 0.29) is 5.75 Å². The van der Waals surface area contributed by atoms with Crippen molar-refractivity contribution in [3.8, 4) is 0 Å². The molecule has 1 unspecified atom stereocenters. The number of thiol groups is 1. The van der Waals surface area contributed by atoms with Gasteiger partial charge in [-0.3, -0.25) is 4.79 Å². The highest BCUT2D eigenvalue weighted by Crippen LogP contribution is 2.09. The molecule has 0 aliphatic carbocycles. The molecule has 5 atom stereocenters. The van der Waals surface area contributed by atoms with Crippen LogP contribution in [-0.2, 0) is 9.53 Å². The van der Waals surface area contributed by atoms with Crippen LogP contribution in [0.5, 0.6) is 0 Å². The Hall–Kier alpha value is -0.420. The van der Waals surface area contributed by atoms with Gasteiger partial charge in [0.1, 0.15) is 24.4 Å². The molecule has 0 spiro atoms. The van der Waals surface area contributed by atoms with Crippen LogP contribution in [0, 0.1) is 0 Å². The first kappa shape index (κ1) is 16.6. The minimum absolute atomic E-state index is 0.346. The molecule has 0 heterocycles. The average Bonchev–Trinajstić information content (AvgIpc) is 2.34. The number of rotatable bonds is 7. The summed E-state index contributed by atoms with van der Waals surface area (Å²) in [6.07, 6.45) is -9.72. The van der Waals surface area contributed by atoms with Gasteiger partial charge >= 0.3 is 5.97 Å². The molecule has 0 bridgehead atoms. The molecule has 0 rings (SSSR count). The van der Waals surface area contributed by atoms with Crippen molar-refractivity contribution in [2.45, 2.75) is 30.7 Å². The van der Waals surface area contributed by atoms with Crippen LogP contribution in [0.15, 0.2) is 0 Å². The molecule has 8 nitrogen and oxygen atoms in total. The standard InChI is InChI=1S/C8H16O8S/c9-1-3(10)5(12)6(13)7(14)8(15)16-4(11)2-17/h3,5-10,12-15,17H,1-2H2/t3-,5-,6+,7-,8?/m1/s1. The number of hydrogen-bond acceptors (Lipinski definition) is 9. The fourth-order valence-corrected chi connectivity index (χ4v) is 1.02. The summed E-state index contributed by atoms with van der Waals surface area (Å²) >= 11 is 3.55. The minimum atomic E-state index is -2.08. The van der Waals surface area contributed by atoms with E-state index in [9.17, 15) is 20.1 Å². The van der Waals surface area contributed by atoms with E-state index in [1.165, 1.54) is 0 Å². The van der Waals surface area contributed by atoms with Crippen molar-refractivity contribution in [2.24, 2.45) is 0 Å². The molecule has 9 heteroatoms. The summed E-state index contributed by atoms with van der Waals surface area (Å²) in [5, 5.41) is 54.4. The van der Waals surface area contributed by atoms with E-state index in [4.69, 9.17) is 15.3 Å². The Morgan fingerprint density at radius 1 is 1.06 bits per heavy atom. The Balaban J connectivity index is 4.37. The normalized spacial score (nSPS) is 20.2. The summed E-state index contributed by atoms with van der Waals surface area (Å²) in [6, 6.07) is 0. The maximum absolute atomic E-state index is 10.7. The summed E-state index contributed by atoms with van der Waals surface area (Å²) < 4.78 is 4.22. The second kappa shape index (κ2) is 7.82. The van der Waals surface area contributed by atoms with Crippen LogP contribution in [0.2, 0.25) is 0 Å². The molecular formula is C8H16O8S. The molecule has 102 valence electrons. The summed E-state index contributed by atoms with van der Waals surface area (Å²) in [6.45, 7) is -0.850. The van der Waals surface area contributed by atoms with Gasteiger partial charge in [0.15, 0.2) is 0 Å². The molecule has 0 aliphatic heterocycles. The van der Waals surface area contributed by atoms with E-state index in [0.29, 0.717) is 0 Å². The van der Waals surface area contributed by atoms with Crippen LogP contribution in [0.25, 0.3) is 0 Å². The Kier molecular flexibility index (Phi) is 7.63. The Labute approximate surface area is 102 Å². The zero-order valence-corrected chi connectivity index (χ0v) is 9.64. The highest BCUT2D eigenvalue weighted by molar-refractivity contribution is 7.81. The van der Waals surface area contributed by atoms with E-state index in [2.05, 4.69) is 17.4 Å². The summed E-state index contributed by atoms with van der Waals surface area (Å²) in [5.74, 6) is -1.29. The van der Waals surface area contributed by atoms with Crippen molar-refractivity contribution < 1.29 is 40.2 Å². The van der Waals surface area contributed by atoms with Crippen LogP contribution >= 0.6 is 12.6 Å². The number of hydrogen-bond donors (Lipinski definition) is 7. The lowest BCUT2D eigenvalue weighted by atomic mass is 10.0. The second-order valence-electron chi connectivity index (χ2n) is 3.26. The third-order valence-corrected chi connectivity index (χ3v) is 2.21. The van der Waals surface area contributed by atoms with Gasteiger partial charge in [0, 0.05) is 0 Å². The first-order chi connectivity index (χ1) is 7.84. The maximum Gasteiger partial charge on any atom is 0.318 e. The average molecular weight is 272 g/mol. The topological polar surface area (TPSA) is 148 Å². The predicted molar refractivity (Wildman–Crippen MR) is 57.1 cm³/mol. The lowest BCUT2D eigenvalue weighted by Crippen LogP contribution is -2.51. The van der Waals surface area contributed by atoms with Crippen molar-refractivity contribution in [2.75, 3.05) is 12.4 Å². The Morgan fingerprint density at radius 2 is 1.59 bits per heavy atom. The molecule has 0 saturated heterocycles. The van der Waals surface area contributed by atoms with Crippen molar-refractivity contribution >= 4 is 18.6 Å². The van der Waals surface area contributed by atoms with Gasteiger partial charge in [0.05, 0.1) is 12.4 Å². The molecule has 0 radical (unpaired) electrons. The molecular weight excluding hydrogens is 256 g/mol. The van der Waals surface area contributed by atoms with Crippen LogP contribution in [0.1, 0.15) is 0 Å². The number of esters is 1. The fraction of sp³-hybridized carbons (Fsp3) is 0.875. The predicted octanol–water partition coefficient (Wildman–Crippen LogP) is -3.79. The molecule has 0 aromatic heterocycles. The highest BCUT2D eigenvalue weighted by Gasteiger charge is 2.35. The first-order valence-electron chi connectivity index (χ1n) is 4.66. The molecule has 0 amide bonds. The van der Waals surface area contributed by atoms with Gasteiger partial charge in [-0.1, -0.05) is 0 Å². The van der Waals surface area contributed by atoms with Gasteiger partial charge < -0.3 is 35.4 Å². The molecule has 0 aliphatic rings. The molecule has 6 N–H and O–H groups in total. The minimum Gasteiger partial charge on any atom is -0.432 e.